The van der Waals surface area contributed by atoms with Gasteiger partial charge in [-0.2, -0.15) is 11.8 Å². The van der Waals surface area contributed by atoms with Gasteiger partial charge in [0.15, 0.2) is 0 Å². The van der Waals surface area contributed by atoms with E-state index in [9.17, 15) is 0 Å². The maximum Gasteiger partial charge on any atom is 0.0361 e. The molecule has 1 aromatic carbocycles. The number of benzene rings is 1. The van der Waals surface area contributed by atoms with Crippen LogP contribution in [0.4, 0.5) is 0 Å². The van der Waals surface area contributed by atoms with Gasteiger partial charge >= 0.3 is 0 Å². The first-order valence-electron chi connectivity index (χ1n) is 7.40. The molecule has 0 bridgehead atoms. The highest BCUT2D eigenvalue weighted by molar-refractivity contribution is 8.00. The zero-order valence-electron chi connectivity index (χ0n) is 12.0. The first kappa shape index (κ1) is 13.3. The fraction of sp³-hybridized carbons (Fsp3) is 0.529. The maximum atomic E-state index is 3.49. The highest BCUT2D eigenvalue weighted by Crippen LogP contribution is 2.50. The molecule has 0 amide bonds. The average Bonchev–Trinajstić information content (AvgIpc) is 2.80. The van der Waals surface area contributed by atoms with Gasteiger partial charge < -0.3 is 5.32 Å². The molecule has 1 nitrogen and oxygen atoms in total. The van der Waals surface area contributed by atoms with Crippen LogP contribution in [-0.2, 0) is 6.42 Å². The molecule has 1 heterocycles. The zero-order valence-corrected chi connectivity index (χ0v) is 12.8. The lowest BCUT2D eigenvalue weighted by atomic mass is 9.90. The first-order valence-corrected chi connectivity index (χ1v) is 8.38. The molecule has 2 aliphatic rings. The summed E-state index contributed by atoms with van der Waals surface area (Å²) in [4.78, 5) is 0. The summed E-state index contributed by atoms with van der Waals surface area (Å²) in [6.07, 6.45) is 3.69. The molecule has 1 aliphatic carbocycles. The standard InChI is InChI=1S/C17H23NS/c1-3-18-10-9-17(2)16-12-13-6-4-5-7-14(13)15(16)8-11-19-17/h4-7,18H,3,8-12H2,1-2H3. The number of rotatable bonds is 4. The van der Waals surface area contributed by atoms with E-state index in [-0.39, 0.29) is 0 Å². The van der Waals surface area contributed by atoms with Gasteiger partial charge in [0, 0.05) is 4.75 Å². The van der Waals surface area contributed by atoms with Crippen LogP contribution in [0.5, 0.6) is 0 Å². The molecule has 1 unspecified atom stereocenters. The van der Waals surface area contributed by atoms with Crippen molar-refractivity contribution in [1.82, 2.24) is 5.32 Å². The smallest absolute Gasteiger partial charge is 0.0361 e. The van der Waals surface area contributed by atoms with Gasteiger partial charge in [0.25, 0.3) is 0 Å². The molecule has 102 valence electrons. The molecule has 0 spiro atoms. The molecule has 0 saturated carbocycles. The Morgan fingerprint density at radius 1 is 1.32 bits per heavy atom. The molecular weight excluding hydrogens is 250 g/mol. The summed E-state index contributed by atoms with van der Waals surface area (Å²) in [7, 11) is 0. The van der Waals surface area contributed by atoms with Crippen LogP contribution in [0.1, 0.15) is 37.8 Å². The van der Waals surface area contributed by atoms with Crippen LogP contribution in [0.2, 0.25) is 0 Å². The summed E-state index contributed by atoms with van der Waals surface area (Å²) in [6, 6.07) is 8.99. The van der Waals surface area contributed by atoms with Crippen LogP contribution < -0.4 is 5.32 Å². The summed E-state index contributed by atoms with van der Waals surface area (Å²) in [5, 5.41) is 3.49. The van der Waals surface area contributed by atoms with Crippen LogP contribution in [0.25, 0.3) is 5.57 Å². The van der Waals surface area contributed by atoms with Gasteiger partial charge in [-0.05, 0) is 67.3 Å². The lowest BCUT2D eigenvalue weighted by molar-refractivity contribution is 0.592. The van der Waals surface area contributed by atoms with Crippen LogP contribution >= 0.6 is 11.8 Å². The lowest BCUT2D eigenvalue weighted by Gasteiger charge is -2.36. The number of allylic oxidation sites excluding steroid dienone is 1. The Bertz CT molecular complexity index is 506. The number of hydrogen-bond donors (Lipinski definition) is 1. The molecule has 1 atom stereocenters. The van der Waals surface area contributed by atoms with Crippen molar-refractivity contribution in [2.24, 2.45) is 0 Å². The van der Waals surface area contributed by atoms with Crippen LogP contribution in [-0.4, -0.2) is 23.6 Å². The molecule has 1 N–H and O–H groups in total. The van der Waals surface area contributed by atoms with E-state index in [4.69, 9.17) is 0 Å². The quantitative estimate of drug-likeness (QED) is 0.835. The van der Waals surface area contributed by atoms with E-state index in [0.29, 0.717) is 4.75 Å². The highest BCUT2D eigenvalue weighted by atomic mass is 32.2. The van der Waals surface area contributed by atoms with E-state index in [0.717, 1.165) is 13.1 Å². The molecule has 2 heteroatoms. The Labute approximate surface area is 120 Å². The molecule has 0 aromatic heterocycles. The molecule has 3 rings (SSSR count). The van der Waals surface area contributed by atoms with Gasteiger partial charge in [0.2, 0.25) is 0 Å². The fourth-order valence-electron chi connectivity index (χ4n) is 3.41. The molecular formula is C17H23NS. The second-order valence-electron chi connectivity index (χ2n) is 5.72. The summed E-state index contributed by atoms with van der Waals surface area (Å²) < 4.78 is 0.342. The van der Waals surface area contributed by atoms with Gasteiger partial charge in [-0.15, -0.1) is 0 Å². The topological polar surface area (TPSA) is 12.0 Å². The summed E-state index contributed by atoms with van der Waals surface area (Å²) in [6.45, 7) is 6.85. The van der Waals surface area contributed by atoms with Gasteiger partial charge in [-0.1, -0.05) is 31.2 Å². The van der Waals surface area contributed by atoms with E-state index in [1.54, 1.807) is 16.7 Å². The van der Waals surface area contributed by atoms with Crippen molar-refractivity contribution in [3.8, 4) is 0 Å². The highest BCUT2D eigenvalue weighted by Gasteiger charge is 2.38. The number of hydrogen-bond acceptors (Lipinski definition) is 2. The van der Waals surface area contributed by atoms with Crippen LogP contribution in [0.15, 0.2) is 29.8 Å². The summed E-state index contributed by atoms with van der Waals surface area (Å²) >= 11 is 2.17. The first-order chi connectivity index (χ1) is 9.24. The second-order valence-corrected chi connectivity index (χ2v) is 7.32. The predicted octanol–water partition coefficient (Wildman–Crippen LogP) is 3.89. The lowest BCUT2D eigenvalue weighted by Crippen LogP contribution is -2.32. The van der Waals surface area contributed by atoms with Crippen molar-refractivity contribution in [3.63, 3.8) is 0 Å². The molecule has 0 radical (unpaired) electrons. The number of fused-ring (bicyclic) bond motifs is 2. The van der Waals surface area contributed by atoms with E-state index in [1.807, 2.05) is 0 Å². The molecule has 1 aliphatic heterocycles. The predicted molar refractivity (Wildman–Crippen MR) is 85.7 cm³/mol. The van der Waals surface area contributed by atoms with Gasteiger partial charge in [0.05, 0.1) is 0 Å². The molecule has 19 heavy (non-hydrogen) atoms. The van der Waals surface area contributed by atoms with E-state index in [2.05, 4.69) is 55.2 Å². The number of nitrogens with one attached hydrogen (secondary N) is 1. The van der Waals surface area contributed by atoms with Crippen molar-refractivity contribution in [3.05, 3.63) is 41.0 Å². The Morgan fingerprint density at radius 3 is 3.00 bits per heavy atom. The van der Waals surface area contributed by atoms with E-state index >= 15 is 0 Å². The third-order valence-electron chi connectivity index (χ3n) is 4.51. The third kappa shape index (κ3) is 2.36. The van der Waals surface area contributed by atoms with Gasteiger partial charge in [-0.3, -0.25) is 0 Å². The van der Waals surface area contributed by atoms with Crippen LogP contribution in [0, 0.1) is 0 Å². The molecule has 1 aromatic rings. The Hall–Kier alpha value is -0.730. The minimum atomic E-state index is 0.342. The average molecular weight is 273 g/mol. The van der Waals surface area contributed by atoms with Crippen molar-refractivity contribution in [1.29, 1.82) is 0 Å². The zero-order chi connectivity index (χ0) is 13.3. The van der Waals surface area contributed by atoms with Crippen molar-refractivity contribution in [2.75, 3.05) is 18.8 Å². The second kappa shape index (κ2) is 5.34. The van der Waals surface area contributed by atoms with Crippen molar-refractivity contribution in [2.45, 2.75) is 37.9 Å². The minimum absolute atomic E-state index is 0.342. The monoisotopic (exact) mass is 273 g/mol. The molecule has 0 fully saturated rings. The Balaban J connectivity index is 1.88. The largest absolute Gasteiger partial charge is 0.317 e. The van der Waals surface area contributed by atoms with Gasteiger partial charge in [0.1, 0.15) is 0 Å². The van der Waals surface area contributed by atoms with Crippen molar-refractivity contribution >= 4 is 17.3 Å². The fourth-order valence-corrected chi connectivity index (χ4v) is 4.79. The third-order valence-corrected chi connectivity index (χ3v) is 6.01. The maximum absolute atomic E-state index is 3.49. The SMILES string of the molecule is CCNCCC1(C)SCCC2=C1Cc1ccccc12. The normalized spacial score (nSPS) is 25.4. The summed E-state index contributed by atoms with van der Waals surface area (Å²) in [5.41, 5.74) is 6.45. The number of thioether (sulfide) groups is 1. The Kier molecular flexibility index (Phi) is 3.72. The van der Waals surface area contributed by atoms with Gasteiger partial charge in [-0.25, -0.2) is 0 Å². The Morgan fingerprint density at radius 2 is 2.16 bits per heavy atom. The van der Waals surface area contributed by atoms with E-state index < -0.39 is 0 Å². The van der Waals surface area contributed by atoms with Crippen molar-refractivity contribution < 1.29 is 0 Å². The molecule has 0 saturated heterocycles. The van der Waals surface area contributed by atoms with Crippen LogP contribution in [0.3, 0.4) is 0 Å². The summed E-state index contributed by atoms with van der Waals surface area (Å²) in [5.74, 6) is 1.27. The minimum Gasteiger partial charge on any atom is -0.317 e. The van der Waals surface area contributed by atoms with E-state index in [1.165, 1.54) is 30.6 Å².